The summed E-state index contributed by atoms with van der Waals surface area (Å²) in [6.07, 6.45) is -3.64. The molecule has 0 unspecified atom stereocenters. The van der Waals surface area contributed by atoms with Crippen molar-refractivity contribution in [1.82, 2.24) is 4.57 Å². The van der Waals surface area contributed by atoms with Crippen molar-refractivity contribution >= 4 is 31.9 Å². The summed E-state index contributed by atoms with van der Waals surface area (Å²) in [5.41, 5.74) is -4.82. The molecule has 1 aliphatic heterocycles. The summed E-state index contributed by atoms with van der Waals surface area (Å²) in [6.45, 7) is -0.695. The van der Waals surface area contributed by atoms with Crippen LogP contribution in [0.5, 0.6) is 0 Å². The van der Waals surface area contributed by atoms with Gasteiger partial charge < -0.3 is 14.8 Å². The summed E-state index contributed by atoms with van der Waals surface area (Å²) < 4.78 is 43.3. The molecule has 1 fully saturated rings. The molecule has 1 aromatic heterocycles. The average Bonchev–Trinajstić information content (AvgIpc) is 2.95. The Balaban J connectivity index is 2.34. The van der Waals surface area contributed by atoms with Crippen LogP contribution in [0.1, 0.15) is 31.0 Å². The Labute approximate surface area is 130 Å². The Bertz CT molecular complexity index is 574. The van der Waals surface area contributed by atoms with E-state index in [-0.39, 0.29) is 12.1 Å². The van der Waals surface area contributed by atoms with Crippen LogP contribution < -0.4 is 0 Å². The number of aromatic nitrogens is 1. The molecule has 0 bridgehead atoms. The van der Waals surface area contributed by atoms with Gasteiger partial charge in [0.25, 0.3) is 0 Å². The zero-order valence-corrected chi connectivity index (χ0v) is 13.4. The summed E-state index contributed by atoms with van der Waals surface area (Å²) in [5, 5.41) is 20.3. The van der Waals surface area contributed by atoms with Gasteiger partial charge in [0.2, 0.25) is 5.60 Å². The fourth-order valence-corrected chi connectivity index (χ4v) is 4.85. The molecule has 2 heterocycles. The highest BCUT2D eigenvalue weighted by molar-refractivity contribution is 9.13. The SMILES string of the molecule is OC[C@]12CCC[C@H]1n1c(cc(Br)c1Br)[C@@]2(O)C(F)(F)F. The molecular formula is C12H12Br2F3NO2. The normalized spacial score (nSPS) is 36.2. The van der Waals surface area contributed by atoms with Gasteiger partial charge in [-0.05, 0) is 50.8 Å². The van der Waals surface area contributed by atoms with Crippen molar-refractivity contribution in [3.8, 4) is 0 Å². The first-order valence-corrected chi connectivity index (χ1v) is 7.76. The lowest BCUT2D eigenvalue weighted by Crippen LogP contribution is -2.55. The monoisotopic (exact) mass is 417 g/mol. The second kappa shape index (κ2) is 4.24. The lowest BCUT2D eigenvalue weighted by molar-refractivity contribution is -0.311. The second-order valence-corrected chi connectivity index (χ2v) is 7.07. The molecule has 1 aromatic rings. The van der Waals surface area contributed by atoms with Crippen molar-refractivity contribution < 1.29 is 23.4 Å². The molecule has 1 aliphatic carbocycles. The Kier molecular flexibility index (Phi) is 3.15. The number of aliphatic hydroxyl groups is 2. The van der Waals surface area contributed by atoms with Gasteiger partial charge in [-0.2, -0.15) is 13.2 Å². The number of rotatable bonds is 1. The summed E-state index contributed by atoms with van der Waals surface area (Å²) in [5.74, 6) is 0. The number of alkyl halides is 3. The van der Waals surface area contributed by atoms with Crippen LogP contribution in [0.4, 0.5) is 13.2 Å². The molecule has 112 valence electrons. The molecular weight excluding hydrogens is 407 g/mol. The first-order chi connectivity index (χ1) is 9.20. The Morgan fingerprint density at radius 2 is 2.05 bits per heavy atom. The molecule has 0 amide bonds. The van der Waals surface area contributed by atoms with E-state index >= 15 is 0 Å². The van der Waals surface area contributed by atoms with E-state index in [1.54, 1.807) is 0 Å². The average molecular weight is 419 g/mol. The first-order valence-electron chi connectivity index (χ1n) is 6.17. The minimum absolute atomic E-state index is 0.149. The lowest BCUT2D eigenvalue weighted by Gasteiger charge is -2.41. The van der Waals surface area contributed by atoms with Crippen LogP contribution in [-0.2, 0) is 5.60 Å². The van der Waals surface area contributed by atoms with Crippen LogP contribution in [0.2, 0.25) is 0 Å². The van der Waals surface area contributed by atoms with Crippen molar-refractivity contribution in [1.29, 1.82) is 0 Å². The minimum Gasteiger partial charge on any atom is -0.396 e. The van der Waals surface area contributed by atoms with Crippen LogP contribution in [-0.4, -0.2) is 27.6 Å². The van der Waals surface area contributed by atoms with Crippen molar-refractivity contribution in [3.63, 3.8) is 0 Å². The molecule has 3 nitrogen and oxygen atoms in total. The van der Waals surface area contributed by atoms with E-state index in [2.05, 4.69) is 31.9 Å². The highest BCUT2D eigenvalue weighted by atomic mass is 79.9. The quantitative estimate of drug-likeness (QED) is 0.733. The van der Waals surface area contributed by atoms with E-state index in [0.29, 0.717) is 21.9 Å². The molecule has 20 heavy (non-hydrogen) atoms. The van der Waals surface area contributed by atoms with Crippen molar-refractivity contribution in [2.75, 3.05) is 6.61 Å². The molecule has 0 saturated heterocycles. The summed E-state index contributed by atoms with van der Waals surface area (Å²) in [4.78, 5) is 0. The summed E-state index contributed by atoms with van der Waals surface area (Å²) in [6, 6.07) is 0.725. The van der Waals surface area contributed by atoms with E-state index in [0.717, 1.165) is 0 Å². The van der Waals surface area contributed by atoms with E-state index < -0.39 is 29.8 Å². The number of nitrogens with zero attached hydrogens (tertiary/aromatic N) is 1. The lowest BCUT2D eigenvalue weighted by atomic mass is 9.69. The molecule has 8 heteroatoms. The highest BCUT2D eigenvalue weighted by Gasteiger charge is 2.75. The van der Waals surface area contributed by atoms with Crippen molar-refractivity contribution in [3.05, 3.63) is 20.8 Å². The van der Waals surface area contributed by atoms with Gasteiger partial charge in [0.15, 0.2) is 0 Å². The van der Waals surface area contributed by atoms with Gasteiger partial charge in [0.1, 0.15) is 0 Å². The van der Waals surface area contributed by atoms with Crippen molar-refractivity contribution in [2.45, 2.75) is 37.1 Å². The zero-order valence-electron chi connectivity index (χ0n) is 10.2. The smallest absolute Gasteiger partial charge is 0.396 e. The standard InChI is InChI=1S/C12H12Br2F3NO2/c13-6-4-8-11(20,12(15,16)17)10(5-19)3-1-2-7(10)18(8)9(6)14/h4,7,19-20H,1-3,5H2/t7-,10-,11+/m1/s1. The number of aliphatic hydroxyl groups excluding tert-OH is 1. The molecule has 3 rings (SSSR count). The topological polar surface area (TPSA) is 45.4 Å². The van der Waals surface area contributed by atoms with E-state index in [1.807, 2.05) is 0 Å². The van der Waals surface area contributed by atoms with E-state index in [9.17, 15) is 23.4 Å². The van der Waals surface area contributed by atoms with Crippen LogP contribution in [0.15, 0.2) is 15.1 Å². The molecule has 2 aliphatic rings. The van der Waals surface area contributed by atoms with Crippen LogP contribution in [0.3, 0.4) is 0 Å². The number of halogens is 5. The predicted molar refractivity (Wildman–Crippen MR) is 72.2 cm³/mol. The van der Waals surface area contributed by atoms with E-state index in [1.165, 1.54) is 10.6 Å². The largest absolute Gasteiger partial charge is 0.423 e. The summed E-state index contributed by atoms with van der Waals surface area (Å²) >= 11 is 6.45. The third-order valence-electron chi connectivity index (χ3n) is 4.77. The Morgan fingerprint density at radius 3 is 2.60 bits per heavy atom. The minimum atomic E-state index is -4.84. The second-order valence-electron chi connectivity index (χ2n) is 5.47. The maximum Gasteiger partial charge on any atom is 0.423 e. The van der Waals surface area contributed by atoms with Gasteiger partial charge in [-0.15, -0.1) is 0 Å². The molecule has 2 N–H and O–H groups in total. The Hall–Kier alpha value is -0.0500. The third-order valence-corrected chi connectivity index (χ3v) is 6.71. The fourth-order valence-electron chi connectivity index (χ4n) is 3.89. The molecule has 0 aromatic carbocycles. The zero-order chi connectivity index (χ0) is 14.9. The van der Waals surface area contributed by atoms with Gasteiger partial charge >= 0.3 is 6.18 Å². The third kappa shape index (κ3) is 1.43. The number of hydrogen-bond donors (Lipinski definition) is 2. The van der Waals surface area contributed by atoms with Gasteiger partial charge in [-0.1, -0.05) is 6.42 Å². The van der Waals surface area contributed by atoms with Gasteiger partial charge in [0, 0.05) is 6.04 Å². The molecule has 0 spiro atoms. The first kappa shape index (κ1) is 14.9. The van der Waals surface area contributed by atoms with Crippen LogP contribution in [0.25, 0.3) is 0 Å². The van der Waals surface area contributed by atoms with Crippen LogP contribution >= 0.6 is 31.9 Å². The number of fused-ring (bicyclic) bond motifs is 3. The van der Waals surface area contributed by atoms with Gasteiger partial charge in [-0.3, -0.25) is 0 Å². The molecule has 0 radical (unpaired) electrons. The maximum atomic E-state index is 13.6. The van der Waals surface area contributed by atoms with Gasteiger partial charge in [0.05, 0.1) is 26.8 Å². The van der Waals surface area contributed by atoms with Gasteiger partial charge in [-0.25, -0.2) is 0 Å². The van der Waals surface area contributed by atoms with Crippen molar-refractivity contribution in [2.24, 2.45) is 5.41 Å². The Morgan fingerprint density at radius 1 is 1.40 bits per heavy atom. The fraction of sp³-hybridized carbons (Fsp3) is 0.667. The summed E-state index contributed by atoms with van der Waals surface area (Å²) in [7, 11) is 0. The molecule has 3 atom stereocenters. The number of hydrogen-bond acceptors (Lipinski definition) is 2. The maximum absolute atomic E-state index is 13.6. The predicted octanol–water partition coefficient (Wildman–Crippen LogP) is 3.48. The molecule has 1 saturated carbocycles. The highest BCUT2D eigenvalue weighted by Crippen LogP contribution is 2.68. The van der Waals surface area contributed by atoms with Crippen LogP contribution in [0, 0.1) is 5.41 Å². The van der Waals surface area contributed by atoms with E-state index in [4.69, 9.17) is 0 Å².